The van der Waals surface area contributed by atoms with Gasteiger partial charge in [-0.25, -0.2) is 8.42 Å². The second-order valence-electron chi connectivity index (χ2n) is 7.70. The fourth-order valence-corrected chi connectivity index (χ4v) is 5.82. The Hall–Kier alpha value is -2.34. The van der Waals surface area contributed by atoms with Crippen molar-refractivity contribution in [3.05, 3.63) is 59.7 Å². The summed E-state index contributed by atoms with van der Waals surface area (Å²) in [5.74, 6) is 1.10. The van der Waals surface area contributed by atoms with E-state index < -0.39 is 21.0 Å². The molecule has 1 amide bonds. The van der Waals surface area contributed by atoms with Crippen LogP contribution in [0.5, 0.6) is 11.5 Å². The Kier molecular flexibility index (Phi) is 4.46. The van der Waals surface area contributed by atoms with Crippen LogP contribution in [-0.2, 0) is 14.6 Å². The first-order valence-electron chi connectivity index (χ1n) is 9.23. The summed E-state index contributed by atoms with van der Waals surface area (Å²) in [4.78, 5) is 14.9. The highest BCUT2D eigenvalue weighted by Gasteiger charge is 2.44. The van der Waals surface area contributed by atoms with Crippen molar-refractivity contribution in [2.75, 3.05) is 18.8 Å². The molecule has 6 heteroatoms. The molecule has 0 bridgehead atoms. The summed E-state index contributed by atoms with van der Waals surface area (Å²) in [6.45, 7) is 4.34. The van der Waals surface area contributed by atoms with Crippen LogP contribution in [0.15, 0.2) is 48.5 Å². The first-order chi connectivity index (χ1) is 12.9. The minimum Gasteiger partial charge on any atom is -0.457 e. The summed E-state index contributed by atoms with van der Waals surface area (Å²) in [6, 6.07) is 15.1. The third-order valence-electron chi connectivity index (χ3n) is 5.16. The van der Waals surface area contributed by atoms with Crippen LogP contribution in [-0.4, -0.2) is 43.3 Å². The summed E-state index contributed by atoms with van der Waals surface area (Å²) < 4.78 is 30.8. The maximum absolute atomic E-state index is 13.3. The zero-order valence-electron chi connectivity index (χ0n) is 15.5. The number of carbonyl (C=O) groups is 1. The lowest BCUT2D eigenvalue weighted by molar-refractivity contribution is -0.135. The monoisotopic (exact) mass is 385 g/mol. The van der Waals surface area contributed by atoms with Crippen LogP contribution >= 0.6 is 0 Å². The number of para-hydroxylation sites is 2. The Morgan fingerprint density at radius 3 is 2.07 bits per heavy atom. The lowest BCUT2D eigenvalue weighted by Crippen LogP contribution is -2.58. The van der Waals surface area contributed by atoms with E-state index in [9.17, 15) is 13.2 Å². The van der Waals surface area contributed by atoms with Crippen molar-refractivity contribution in [1.82, 2.24) is 4.90 Å². The second-order valence-corrected chi connectivity index (χ2v) is 10.0. The summed E-state index contributed by atoms with van der Waals surface area (Å²) in [7, 11) is -3.16. The third-order valence-corrected chi connectivity index (χ3v) is 7.61. The molecule has 142 valence electrons. The topological polar surface area (TPSA) is 63.7 Å². The van der Waals surface area contributed by atoms with E-state index >= 15 is 0 Å². The molecular weight excluding hydrogens is 362 g/mol. The number of fused-ring (bicyclic) bond motifs is 2. The fraction of sp³-hybridized carbons (Fsp3) is 0.381. The van der Waals surface area contributed by atoms with E-state index in [1.54, 1.807) is 4.90 Å². The predicted molar refractivity (Wildman–Crippen MR) is 104 cm³/mol. The normalized spacial score (nSPS) is 17.1. The lowest BCUT2D eigenvalue weighted by atomic mass is 9.86. The minimum atomic E-state index is -3.16. The molecule has 0 spiro atoms. The van der Waals surface area contributed by atoms with Crippen molar-refractivity contribution in [3.63, 3.8) is 0 Å². The third kappa shape index (κ3) is 3.23. The molecule has 0 aliphatic carbocycles. The van der Waals surface area contributed by atoms with Gasteiger partial charge in [0.05, 0.1) is 16.9 Å². The summed E-state index contributed by atoms with van der Waals surface area (Å²) >= 11 is 0. The predicted octanol–water partition coefficient (Wildman–Crippen LogP) is 3.21. The molecular formula is C21H23NO4S. The zero-order chi connectivity index (χ0) is 19.2. The van der Waals surface area contributed by atoms with Crippen molar-refractivity contribution >= 4 is 15.7 Å². The summed E-state index contributed by atoms with van der Waals surface area (Å²) in [6.07, 6.45) is 0. The first-order valence-corrected chi connectivity index (χ1v) is 10.9. The second kappa shape index (κ2) is 6.68. The van der Waals surface area contributed by atoms with Crippen LogP contribution in [0, 0.1) is 5.92 Å². The van der Waals surface area contributed by atoms with Gasteiger partial charge in [0.1, 0.15) is 11.5 Å². The molecule has 2 aromatic rings. The maximum Gasteiger partial charge on any atom is 0.234 e. The van der Waals surface area contributed by atoms with Gasteiger partial charge in [0, 0.05) is 24.2 Å². The van der Waals surface area contributed by atoms with Gasteiger partial charge in [-0.2, -0.15) is 0 Å². The molecule has 0 unspecified atom stereocenters. The van der Waals surface area contributed by atoms with E-state index in [0.29, 0.717) is 11.5 Å². The van der Waals surface area contributed by atoms with E-state index in [1.165, 1.54) is 0 Å². The number of amides is 1. The molecule has 0 N–H and O–H groups in total. The number of hydrogen-bond acceptors (Lipinski definition) is 4. The Morgan fingerprint density at radius 2 is 1.56 bits per heavy atom. The van der Waals surface area contributed by atoms with Gasteiger partial charge < -0.3 is 9.64 Å². The molecule has 2 heterocycles. The highest BCUT2D eigenvalue weighted by atomic mass is 32.2. The average molecular weight is 385 g/mol. The molecule has 0 aromatic heterocycles. The average Bonchev–Trinajstić information content (AvgIpc) is 2.56. The van der Waals surface area contributed by atoms with E-state index in [2.05, 4.69) is 0 Å². The van der Waals surface area contributed by atoms with E-state index in [4.69, 9.17) is 4.74 Å². The van der Waals surface area contributed by atoms with Gasteiger partial charge in [0.25, 0.3) is 0 Å². The molecule has 2 aromatic carbocycles. The number of rotatable bonds is 4. The molecule has 1 saturated heterocycles. The summed E-state index contributed by atoms with van der Waals surface area (Å²) in [5, 5.41) is -0.450. The van der Waals surface area contributed by atoms with Gasteiger partial charge in [-0.1, -0.05) is 50.2 Å². The molecule has 0 atom stereocenters. The van der Waals surface area contributed by atoms with Crippen molar-refractivity contribution in [3.8, 4) is 11.5 Å². The number of likely N-dealkylation sites (tertiary alicyclic amines) is 1. The van der Waals surface area contributed by atoms with Crippen LogP contribution in [0.4, 0.5) is 0 Å². The Bertz CT molecular complexity index is 932. The molecule has 5 nitrogen and oxygen atoms in total. The molecule has 1 fully saturated rings. The van der Waals surface area contributed by atoms with Crippen LogP contribution in [0.1, 0.15) is 30.9 Å². The molecule has 0 saturated carbocycles. The Balaban J connectivity index is 1.59. The van der Waals surface area contributed by atoms with Crippen molar-refractivity contribution in [2.24, 2.45) is 5.92 Å². The van der Waals surface area contributed by atoms with Crippen LogP contribution in [0.25, 0.3) is 0 Å². The highest BCUT2D eigenvalue weighted by molar-refractivity contribution is 7.92. The van der Waals surface area contributed by atoms with Gasteiger partial charge >= 0.3 is 0 Å². The number of sulfone groups is 1. The molecule has 2 aliphatic rings. The largest absolute Gasteiger partial charge is 0.457 e. The Labute approximate surface area is 159 Å². The molecule has 2 aliphatic heterocycles. The molecule has 27 heavy (non-hydrogen) atoms. The number of carbonyl (C=O) groups excluding carboxylic acids is 1. The van der Waals surface area contributed by atoms with Gasteiger partial charge in [-0.05, 0) is 18.1 Å². The van der Waals surface area contributed by atoms with Crippen molar-refractivity contribution in [2.45, 2.75) is 25.0 Å². The highest BCUT2D eigenvalue weighted by Crippen LogP contribution is 2.45. The maximum atomic E-state index is 13.3. The number of benzene rings is 2. The van der Waals surface area contributed by atoms with Crippen molar-refractivity contribution < 1.29 is 17.9 Å². The molecule has 4 rings (SSSR count). The standard InChI is InChI=1S/C21H23NO4S/c1-14(2)13-27(24,25)15-11-22(12-15)21(23)20-16-7-3-5-9-18(16)26-19-10-6-4-8-17(19)20/h3-10,14-15,20H,11-13H2,1-2H3. The Morgan fingerprint density at radius 1 is 1.04 bits per heavy atom. The number of nitrogens with zero attached hydrogens (tertiary/aromatic N) is 1. The van der Waals surface area contributed by atoms with Crippen LogP contribution in [0.2, 0.25) is 0 Å². The summed E-state index contributed by atoms with van der Waals surface area (Å²) in [5.41, 5.74) is 1.66. The van der Waals surface area contributed by atoms with Crippen LogP contribution in [0.3, 0.4) is 0 Å². The quantitative estimate of drug-likeness (QED) is 0.811. The first kappa shape index (κ1) is 18.0. The van der Waals surface area contributed by atoms with Gasteiger partial charge in [0.15, 0.2) is 9.84 Å². The van der Waals surface area contributed by atoms with E-state index in [0.717, 1.165) is 11.1 Å². The lowest BCUT2D eigenvalue weighted by Gasteiger charge is -2.41. The van der Waals surface area contributed by atoms with Gasteiger partial charge in [0.2, 0.25) is 5.91 Å². The van der Waals surface area contributed by atoms with E-state index in [-0.39, 0.29) is 30.7 Å². The van der Waals surface area contributed by atoms with Gasteiger partial charge in [-0.3, -0.25) is 4.79 Å². The zero-order valence-corrected chi connectivity index (χ0v) is 16.3. The SMILES string of the molecule is CC(C)CS(=O)(=O)C1CN(C(=O)C2c3ccccc3Oc3ccccc32)C1. The van der Waals surface area contributed by atoms with Gasteiger partial charge in [-0.15, -0.1) is 0 Å². The number of hydrogen-bond donors (Lipinski definition) is 0. The van der Waals surface area contributed by atoms with Crippen LogP contribution < -0.4 is 4.74 Å². The number of ether oxygens (including phenoxy) is 1. The molecule has 0 radical (unpaired) electrons. The smallest absolute Gasteiger partial charge is 0.234 e. The fourth-order valence-electron chi connectivity index (χ4n) is 3.80. The van der Waals surface area contributed by atoms with Crippen molar-refractivity contribution in [1.29, 1.82) is 0 Å². The van der Waals surface area contributed by atoms with E-state index in [1.807, 2.05) is 62.4 Å². The minimum absolute atomic E-state index is 0.0609.